The van der Waals surface area contributed by atoms with Crippen molar-refractivity contribution >= 4 is 11.6 Å². The molecule has 0 aliphatic heterocycles. The van der Waals surface area contributed by atoms with E-state index in [9.17, 15) is 9.59 Å². The highest BCUT2D eigenvalue weighted by molar-refractivity contribution is 5.97. The highest BCUT2D eigenvalue weighted by atomic mass is 16.5. The van der Waals surface area contributed by atoms with Crippen LogP contribution in [0.15, 0.2) is 22.4 Å². The number of nitrogens with zero attached hydrogens (tertiary/aromatic N) is 1. The number of rotatable bonds is 1. The summed E-state index contributed by atoms with van der Waals surface area (Å²) in [5.41, 5.74) is 1.53. The molecule has 0 radical (unpaired) electrons. The van der Waals surface area contributed by atoms with Gasteiger partial charge in [0.25, 0.3) is 0 Å². The Hall–Kier alpha value is -1.71. The van der Waals surface area contributed by atoms with Crippen LogP contribution >= 0.6 is 0 Å². The van der Waals surface area contributed by atoms with Crippen molar-refractivity contribution in [3.8, 4) is 0 Å². The molecule has 0 N–H and O–H groups in total. The molecule has 0 spiro atoms. The summed E-state index contributed by atoms with van der Waals surface area (Å²) in [5.74, 6) is 1.92. The minimum absolute atomic E-state index is 0.0743. The summed E-state index contributed by atoms with van der Waals surface area (Å²) in [7, 11) is 0. The van der Waals surface area contributed by atoms with Crippen molar-refractivity contribution in [1.29, 1.82) is 0 Å². The molecule has 202 valence electrons. The van der Waals surface area contributed by atoms with Crippen molar-refractivity contribution in [1.82, 2.24) is 5.16 Å². The van der Waals surface area contributed by atoms with Gasteiger partial charge < -0.3 is 4.52 Å². The zero-order chi connectivity index (χ0) is 27.0. The Labute approximate surface area is 223 Å². The van der Waals surface area contributed by atoms with E-state index in [4.69, 9.17) is 4.52 Å². The van der Waals surface area contributed by atoms with E-state index in [1.54, 1.807) is 0 Å². The van der Waals surface area contributed by atoms with Gasteiger partial charge in [0.05, 0.1) is 6.20 Å². The van der Waals surface area contributed by atoms with E-state index in [0.29, 0.717) is 11.7 Å². The summed E-state index contributed by atoms with van der Waals surface area (Å²) in [4.78, 5) is 28.1. The number of aromatic nitrogens is 1. The van der Waals surface area contributed by atoms with Gasteiger partial charge in [0.15, 0.2) is 5.78 Å². The third kappa shape index (κ3) is 2.79. The first-order valence-electron chi connectivity index (χ1n) is 14.7. The van der Waals surface area contributed by atoms with Gasteiger partial charge >= 0.3 is 0 Å². The Morgan fingerprint density at radius 1 is 0.946 bits per heavy atom. The first-order valence-corrected chi connectivity index (χ1v) is 14.7. The quantitative estimate of drug-likeness (QED) is 0.393. The molecule has 1 aromatic heterocycles. The number of ketones is 2. The number of carbonyl (C=O) groups is 2. The van der Waals surface area contributed by atoms with Crippen molar-refractivity contribution in [2.75, 3.05) is 0 Å². The van der Waals surface area contributed by atoms with Crippen molar-refractivity contribution in [3.63, 3.8) is 0 Å². The van der Waals surface area contributed by atoms with Gasteiger partial charge in [-0.1, -0.05) is 66.1 Å². The molecular weight excluding hydrogens is 458 g/mol. The molecule has 1 aromatic rings. The lowest BCUT2D eigenvalue weighted by Gasteiger charge is -2.72. The molecule has 37 heavy (non-hydrogen) atoms. The van der Waals surface area contributed by atoms with E-state index in [1.807, 2.05) is 13.1 Å². The fourth-order valence-electron chi connectivity index (χ4n) is 11.9. The number of allylic oxidation sites excluding steroid dienone is 2. The van der Waals surface area contributed by atoms with Crippen molar-refractivity contribution < 1.29 is 14.1 Å². The summed E-state index contributed by atoms with van der Waals surface area (Å²) in [6.45, 7) is 20.8. The maximum Gasteiger partial charge on any atom is 0.159 e. The van der Waals surface area contributed by atoms with Gasteiger partial charge in [-0.25, -0.2) is 0 Å². The van der Waals surface area contributed by atoms with Gasteiger partial charge in [0, 0.05) is 22.3 Å². The van der Waals surface area contributed by atoms with E-state index >= 15 is 0 Å². The summed E-state index contributed by atoms with van der Waals surface area (Å²) < 4.78 is 5.81. The molecule has 0 amide bonds. The number of hydrogen-bond acceptors (Lipinski definition) is 4. The standard InChI is InChI=1S/C33H47NO3/c1-20(35)33-14-12-27(2,3)19-32(33,9)25-22(36)16-24-29(6)17-21-18-34-37-26(21)28(4,5)23(29)10-11-30(24,7)31(25,8)13-15-33/h16,18,23,25H,10-15,17,19H2,1-9H3/t23?,25-,29-,30+,31+,32-,33+/m0/s1. The minimum atomic E-state index is -0.380. The Balaban J connectivity index is 1.55. The zero-order valence-electron chi connectivity index (χ0n) is 24.6. The van der Waals surface area contributed by atoms with Crippen LogP contribution in [0.5, 0.6) is 0 Å². The second kappa shape index (κ2) is 7.07. The van der Waals surface area contributed by atoms with Crippen LogP contribution in [0.1, 0.15) is 119 Å². The molecule has 1 heterocycles. The molecular formula is C33H47NO3. The molecule has 4 heteroatoms. The predicted molar refractivity (Wildman–Crippen MR) is 145 cm³/mol. The van der Waals surface area contributed by atoms with Crippen LogP contribution in [0.2, 0.25) is 0 Å². The molecule has 0 saturated heterocycles. The monoisotopic (exact) mass is 505 g/mol. The van der Waals surface area contributed by atoms with Crippen molar-refractivity contribution in [2.45, 2.75) is 119 Å². The van der Waals surface area contributed by atoms with E-state index in [0.717, 1.165) is 57.1 Å². The van der Waals surface area contributed by atoms with E-state index in [-0.39, 0.29) is 49.6 Å². The molecule has 0 aromatic carbocycles. The lowest BCUT2D eigenvalue weighted by atomic mass is 9.30. The second-order valence-electron chi connectivity index (χ2n) is 16.1. The SMILES string of the molecule is CC(=O)[C@]12CCC(C)(C)C[C@@]1(C)[C@H]1C(=O)C=C3[C@@]4(C)Cc5cnoc5C(C)(C)C4CC[C@@]3(C)[C@]1(C)CC2. The van der Waals surface area contributed by atoms with Gasteiger partial charge in [-0.15, -0.1) is 0 Å². The minimum Gasteiger partial charge on any atom is -0.361 e. The molecule has 5 aliphatic rings. The average Bonchev–Trinajstić information content (AvgIpc) is 3.23. The number of fused-ring (bicyclic) bond motifs is 8. The smallest absolute Gasteiger partial charge is 0.159 e. The summed E-state index contributed by atoms with van der Waals surface area (Å²) in [5, 5.41) is 4.20. The van der Waals surface area contributed by atoms with E-state index in [1.165, 1.54) is 11.1 Å². The van der Waals surface area contributed by atoms with Crippen LogP contribution in [0.3, 0.4) is 0 Å². The highest BCUT2D eigenvalue weighted by Crippen LogP contribution is 2.77. The molecule has 7 atom stereocenters. The Bertz CT molecular complexity index is 1240. The van der Waals surface area contributed by atoms with E-state index in [2.05, 4.69) is 66.6 Å². The molecule has 3 saturated carbocycles. The Morgan fingerprint density at radius 2 is 1.62 bits per heavy atom. The molecule has 5 aliphatic carbocycles. The van der Waals surface area contributed by atoms with Crippen molar-refractivity contribution in [3.05, 3.63) is 29.2 Å². The van der Waals surface area contributed by atoms with Crippen LogP contribution in [-0.2, 0) is 21.4 Å². The lowest BCUT2D eigenvalue weighted by Crippen LogP contribution is -2.69. The van der Waals surface area contributed by atoms with Gasteiger partial charge in [-0.2, -0.15) is 0 Å². The number of carbonyl (C=O) groups excluding carboxylic acids is 2. The molecule has 3 fully saturated rings. The van der Waals surface area contributed by atoms with Gasteiger partial charge in [-0.3, -0.25) is 9.59 Å². The van der Waals surface area contributed by atoms with Gasteiger partial charge in [-0.05, 0) is 97.4 Å². The second-order valence-corrected chi connectivity index (χ2v) is 16.1. The molecule has 4 nitrogen and oxygen atoms in total. The van der Waals surface area contributed by atoms with Crippen molar-refractivity contribution in [2.24, 2.45) is 44.3 Å². The predicted octanol–water partition coefficient (Wildman–Crippen LogP) is 7.65. The Kier molecular flexibility index (Phi) is 4.89. The average molecular weight is 506 g/mol. The van der Waals surface area contributed by atoms with Gasteiger partial charge in [0.1, 0.15) is 11.5 Å². The maximum atomic E-state index is 14.6. The lowest BCUT2D eigenvalue weighted by molar-refractivity contribution is -0.206. The third-order valence-electron chi connectivity index (χ3n) is 13.6. The highest BCUT2D eigenvalue weighted by Gasteiger charge is 2.73. The number of hydrogen-bond donors (Lipinski definition) is 0. The Morgan fingerprint density at radius 3 is 2.30 bits per heavy atom. The normalized spacial score (nSPS) is 47.5. The summed E-state index contributed by atoms with van der Waals surface area (Å²) in [6.07, 6.45) is 11.9. The first kappa shape index (κ1) is 25.6. The van der Waals surface area contributed by atoms with Crippen LogP contribution in [0.25, 0.3) is 0 Å². The topological polar surface area (TPSA) is 60.2 Å². The van der Waals surface area contributed by atoms with Crippen LogP contribution in [0, 0.1) is 44.3 Å². The van der Waals surface area contributed by atoms with Crippen LogP contribution < -0.4 is 0 Å². The summed E-state index contributed by atoms with van der Waals surface area (Å²) in [6, 6.07) is 0. The fraction of sp³-hybridized carbons (Fsp3) is 0.788. The van der Waals surface area contributed by atoms with Crippen LogP contribution in [0.4, 0.5) is 0 Å². The molecule has 6 rings (SSSR count). The summed E-state index contributed by atoms with van der Waals surface area (Å²) >= 11 is 0. The third-order valence-corrected chi connectivity index (χ3v) is 13.6. The molecule has 1 unspecified atom stereocenters. The van der Waals surface area contributed by atoms with Gasteiger partial charge in [0.2, 0.25) is 0 Å². The van der Waals surface area contributed by atoms with E-state index < -0.39 is 0 Å². The zero-order valence-corrected chi connectivity index (χ0v) is 24.6. The fourth-order valence-corrected chi connectivity index (χ4v) is 11.9. The van der Waals surface area contributed by atoms with Crippen LogP contribution in [-0.4, -0.2) is 16.7 Å². The largest absolute Gasteiger partial charge is 0.361 e. The maximum absolute atomic E-state index is 14.6. The molecule has 0 bridgehead atoms. The number of Topliss-reactive ketones (excluding diaryl/α,β-unsaturated/α-hetero) is 1. The first-order chi connectivity index (χ1) is 17.0.